The molecule has 1 fully saturated rings. The second kappa shape index (κ2) is 6.17. The van der Waals surface area contributed by atoms with Gasteiger partial charge in [0.2, 0.25) is 0 Å². The van der Waals surface area contributed by atoms with E-state index < -0.39 is 0 Å². The summed E-state index contributed by atoms with van der Waals surface area (Å²) in [7, 11) is 0. The van der Waals surface area contributed by atoms with E-state index in [1.807, 2.05) is 18.0 Å². The van der Waals surface area contributed by atoms with Crippen molar-refractivity contribution in [2.75, 3.05) is 26.2 Å². The van der Waals surface area contributed by atoms with Gasteiger partial charge in [-0.15, -0.1) is 11.3 Å². The minimum absolute atomic E-state index is 0.0233. The molecule has 3 heterocycles. The molecule has 0 aliphatic carbocycles. The van der Waals surface area contributed by atoms with Gasteiger partial charge in [-0.1, -0.05) is 11.6 Å². The molecule has 3 rings (SSSR count). The zero-order valence-electron chi connectivity index (χ0n) is 11.8. The highest BCUT2D eigenvalue weighted by Gasteiger charge is 2.23. The fraction of sp³-hybridized carbons (Fsp3) is 0.429. The highest BCUT2D eigenvalue weighted by Crippen LogP contribution is 2.17. The van der Waals surface area contributed by atoms with Crippen molar-refractivity contribution in [2.45, 2.75) is 13.5 Å². The Labute approximate surface area is 132 Å². The first-order valence-electron chi connectivity index (χ1n) is 6.88. The number of H-pyrrole nitrogens is 1. The second-order valence-electron chi connectivity index (χ2n) is 5.15. The molecule has 0 unspecified atom stereocenters. The monoisotopic (exact) mass is 324 g/mol. The van der Waals surface area contributed by atoms with Crippen LogP contribution >= 0.6 is 22.9 Å². The molecule has 0 spiro atoms. The topological polar surface area (TPSA) is 52.2 Å². The van der Waals surface area contributed by atoms with Gasteiger partial charge in [-0.05, 0) is 13.0 Å². The normalized spacial score (nSPS) is 16.4. The summed E-state index contributed by atoms with van der Waals surface area (Å²) in [4.78, 5) is 25.0. The number of hydrogen-bond acceptors (Lipinski definition) is 4. The molecule has 0 radical (unpaired) electrons. The number of aromatic amines is 1. The molecule has 1 aliphatic rings. The van der Waals surface area contributed by atoms with E-state index in [-0.39, 0.29) is 5.91 Å². The first kappa shape index (κ1) is 14.6. The lowest BCUT2D eigenvalue weighted by molar-refractivity contribution is 0.0624. The van der Waals surface area contributed by atoms with Crippen molar-refractivity contribution >= 4 is 28.8 Å². The predicted molar refractivity (Wildman–Crippen MR) is 83.8 cm³/mol. The van der Waals surface area contributed by atoms with Crippen LogP contribution in [-0.4, -0.2) is 51.9 Å². The number of nitrogens with one attached hydrogen (secondary N) is 1. The SMILES string of the molecule is Cc1ncc(CN2CCN(C(=O)c3cc(Cl)c[nH]3)CC2)s1. The fourth-order valence-corrected chi connectivity index (χ4v) is 3.47. The van der Waals surface area contributed by atoms with Crippen molar-refractivity contribution in [3.63, 3.8) is 0 Å². The first-order chi connectivity index (χ1) is 10.1. The van der Waals surface area contributed by atoms with Crippen molar-refractivity contribution in [1.29, 1.82) is 0 Å². The fourth-order valence-electron chi connectivity index (χ4n) is 2.47. The average Bonchev–Trinajstić information content (AvgIpc) is 3.08. The van der Waals surface area contributed by atoms with Crippen LogP contribution < -0.4 is 0 Å². The number of aromatic nitrogens is 2. The van der Waals surface area contributed by atoms with Crippen molar-refractivity contribution in [3.05, 3.63) is 39.1 Å². The Morgan fingerprint density at radius 3 is 2.76 bits per heavy atom. The largest absolute Gasteiger partial charge is 0.356 e. The lowest BCUT2D eigenvalue weighted by Gasteiger charge is -2.34. The smallest absolute Gasteiger partial charge is 0.270 e. The molecule has 7 heteroatoms. The van der Waals surface area contributed by atoms with E-state index in [0.29, 0.717) is 10.7 Å². The maximum Gasteiger partial charge on any atom is 0.270 e. The van der Waals surface area contributed by atoms with Crippen LogP contribution in [0.2, 0.25) is 5.02 Å². The van der Waals surface area contributed by atoms with Crippen LogP contribution in [0, 0.1) is 6.92 Å². The number of halogens is 1. The van der Waals surface area contributed by atoms with Crippen LogP contribution in [0.1, 0.15) is 20.4 Å². The Balaban J connectivity index is 1.54. The average molecular weight is 325 g/mol. The van der Waals surface area contributed by atoms with Crippen molar-refractivity contribution < 1.29 is 4.79 Å². The summed E-state index contributed by atoms with van der Waals surface area (Å²) in [6.07, 6.45) is 3.58. The third-order valence-electron chi connectivity index (χ3n) is 3.59. The van der Waals surface area contributed by atoms with Gasteiger partial charge in [0.15, 0.2) is 0 Å². The number of carbonyl (C=O) groups is 1. The maximum atomic E-state index is 12.3. The first-order valence-corrected chi connectivity index (χ1v) is 8.08. The predicted octanol–water partition coefficient (Wildman–Crippen LogP) is 2.39. The lowest BCUT2D eigenvalue weighted by atomic mass is 10.2. The third kappa shape index (κ3) is 3.45. The highest BCUT2D eigenvalue weighted by atomic mass is 35.5. The molecule has 0 saturated carbocycles. The van der Waals surface area contributed by atoms with Crippen molar-refractivity contribution in [1.82, 2.24) is 19.8 Å². The van der Waals surface area contributed by atoms with Gasteiger partial charge in [0.25, 0.3) is 5.91 Å². The van der Waals surface area contributed by atoms with E-state index in [9.17, 15) is 4.79 Å². The Morgan fingerprint density at radius 2 is 2.19 bits per heavy atom. The zero-order chi connectivity index (χ0) is 14.8. The van der Waals surface area contributed by atoms with Crippen LogP contribution in [-0.2, 0) is 6.54 Å². The minimum atomic E-state index is 0.0233. The van der Waals surface area contributed by atoms with Crippen LogP contribution in [0.25, 0.3) is 0 Å². The van der Waals surface area contributed by atoms with Gasteiger partial charge in [-0.3, -0.25) is 9.69 Å². The number of amides is 1. The summed E-state index contributed by atoms with van der Waals surface area (Å²) in [6, 6.07) is 1.68. The van der Waals surface area contributed by atoms with Gasteiger partial charge in [-0.2, -0.15) is 0 Å². The summed E-state index contributed by atoms with van der Waals surface area (Å²) in [5, 5.41) is 1.67. The highest BCUT2D eigenvalue weighted by molar-refractivity contribution is 7.11. The number of carbonyl (C=O) groups excluding carboxylic acids is 1. The van der Waals surface area contributed by atoms with Gasteiger partial charge in [0.05, 0.1) is 10.0 Å². The number of nitrogens with zero attached hydrogens (tertiary/aromatic N) is 3. The van der Waals surface area contributed by atoms with E-state index >= 15 is 0 Å². The van der Waals surface area contributed by atoms with Crippen LogP contribution in [0.5, 0.6) is 0 Å². The molecule has 1 aliphatic heterocycles. The molecule has 112 valence electrons. The van der Waals surface area contributed by atoms with Gasteiger partial charge in [0.1, 0.15) is 5.69 Å². The Hall–Kier alpha value is -1.37. The number of rotatable bonds is 3. The molecule has 1 amide bonds. The molecule has 5 nitrogen and oxygen atoms in total. The standard InChI is InChI=1S/C14H17ClN4OS/c1-10-16-8-12(21-10)9-18-2-4-19(5-3-18)14(20)13-6-11(15)7-17-13/h6-8,17H,2-5,9H2,1H3. The Kier molecular flexibility index (Phi) is 4.28. The van der Waals surface area contributed by atoms with E-state index in [2.05, 4.69) is 14.9 Å². The number of aryl methyl sites for hydroxylation is 1. The van der Waals surface area contributed by atoms with Gasteiger partial charge >= 0.3 is 0 Å². The number of thiazole rings is 1. The second-order valence-corrected chi connectivity index (χ2v) is 6.90. The lowest BCUT2D eigenvalue weighted by Crippen LogP contribution is -2.48. The van der Waals surface area contributed by atoms with Gasteiger partial charge in [-0.25, -0.2) is 4.98 Å². The number of hydrogen-bond donors (Lipinski definition) is 1. The van der Waals surface area contributed by atoms with Crippen LogP contribution in [0.4, 0.5) is 0 Å². The summed E-state index contributed by atoms with van der Waals surface area (Å²) >= 11 is 7.58. The Morgan fingerprint density at radius 1 is 1.43 bits per heavy atom. The minimum Gasteiger partial charge on any atom is -0.356 e. The molecule has 0 bridgehead atoms. The number of piperazine rings is 1. The van der Waals surface area contributed by atoms with Crippen molar-refractivity contribution in [3.8, 4) is 0 Å². The van der Waals surface area contributed by atoms with Crippen molar-refractivity contribution in [2.24, 2.45) is 0 Å². The summed E-state index contributed by atoms with van der Waals surface area (Å²) in [5.41, 5.74) is 0.562. The molecule has 0 aromatic carbocycles. The zero-order valence-corrected chi connectivity index (χ0v) is 13.4. The van der Waals surface area contributed by atoms with E-state index in [1.54, 1.807) is 23.6 Å². The van der Waals surface area contributed by atoms with E-state index in [0.717, 1.165) is 37.7 Å². The van der Waals surface area contributed by atoms with Gasteiger partial charge < -0.3 is 9.88 Å². The molecular weight excluding hydrogens is 308 g/mol. The van der Waals surface area contributed by atoms with Crippen LogP contribution in [0.3, 0.4) is 0 Å². The molecule has 2 aromatic rings. The Bertz CT molecular complexity index is 630. The molecule has 0 atom stereocenters. The molecule has 2 aromatic heterocycles. The van der Waals surface area contributed by atoms with Crippen LogP contribution in [0.15, 0.2) is 18.5 Å². The molecule has 21 heavy (non-hydrogen) atoms. The third-order valence-corrected chi connectivity index (χ3v) is 4.70. The van der Waals surface area contributed by atoms with E-state index in [4.69, 9.17) is 11.6 Å². The molecule has 1 saturated heterocycles. The van der Waals surface area contributed by atoms with E-state index in [1.165, 1.54) is 4.88 Å². The molecular formula is C14H17ClN4OS. The molecule has 1 N–H and O–H groups in total. The summed E-state index contributed by atoms with van der Waals surface area (Å²) in [6.45, 7) is 6.20. The summed E-state index contributed by atoms with van der Waals surface area (Å²) in [5.74, 6) is 0.0233. The maximum absolute atomic E-state index is 12.3. The van der Waals surface area contributed by atoms with Gasteiger partial charge in [0, 0.05) is 50.0 Å². The quantitative estimate of drug-likeness (QED) is 0.943. The summed E-state index contributed by atoms with van der Waals surface area (Å²) < 4.78 is 0.